The number of likely N-dealkylation sites (tertiary alicyclic amines) is 1. The van der Waals surface area contributed by atoms with E-state index in [2.05, 4.69) is 5.32 Å². The number of carbonyl (C=O) groups excluding carboxylic acids is 3. The Morgan fingerprint density at radius 1 is 1.09 bits per heavy atom. The van der Waals surface area contributed by atoms with Gasteiger partial charge in [0.15, 0.2) is 0 Å². The van der Waals surface area contributed by atoms with Gasteiger partial charge in [0, 0.05) is 29.8 Å². The topological polar surface area (TPSA) is 73.0 Å². The lowest BCUT2D eigenvalue weighted by atomic mass is 9.89. The Hall–Kier alpha value is -3.06. The van der Waals surface area contributed by atoms with Gasteiger partial charge in [-0.2, -0.15) is 0 Å². The van der Waals surface area contributed by atoms with Crippen molar-refractivity contribution >= 4 is 35.1 Å². The summed E-state index contributed by atoms with van der Waals surface area (Å²) in [5.41, 5.74) is 0.499. The van der Waals surface area contributed by atoms with Crippen molar-refractivity contribution in [1.82, 2.24) is 14.7 Å². The van der Waals surface area contributed by atoms with Crippen molar-refractivity contribution < 1.29 is 14.4 Å². The standard InChI is InChI=1S/C24H27ClN4O3/c1-17(2)28-15-21(30)29(14-18-8-10-19(25)11-9-18)24(22(28)31)12-13-27(16-24)23(32)26-20-6-4-3-5-7-20/h3-11,17H,12-16H2,1-2H3,(H,26,32). The van der Waals surface area contributed by atoms with Crippen LogP contribution in [0, 0.1) is 0 Å². The van der Waals surface area contributed by atoms with Gasteiger partial charge in [0.2, 0.25) is 5.91 Å². The molecular weight excluding hydrogens is 428 g/mol. The predicted molar refractivity (Wildman–Crippen MR) is 123 cm³/mol. The first-order valence-corrected chi connectivity index (χ1v) is 11.1. The summed E-state index contributed by atoms with van der Waals surface area (Å²) >= 11 is 6.01. The summed E-state index contributed by atoms with van der Waals surface area (Å²) in [7, 11) is 0. The molecule has 0 saturated carbocycles. The Labute approximate surface area is 192 Å². The number of anilines is 1. The van der Waals surface area contributed by atoms with Gasteiger partial charge in [-0.1, -0.05) is 41.9 Å². The molecule has 2 heterocycles. The number of amides is 4. The minimum atomic E-state index is -1.08. The Morgan fingerprint density at radius 3 is 2.44 bits per heavy atom. The SMILES string of the molecule is CC(C)N1CC(=O)N(Cc2ccc(Cl)cc2)C2(CCN(C(=O)Nc3ccccc3)C2)C1=O. The van der Waals surface area contributed by atoms with Crippen LogP contribution in [0.5, 0.6) is 0 Å². The van der Waals surface area contributed by atoms with E-state index in [1.54, 1.807) is 26.8 Å². The van der Waals surface area contributed by atoms with Crippen LogP contribution in [0.2, 0.25) is 5.02 Å². The molecule has 32 heavy (non-hydrogen) atoms. The lowest BCUT2D eigenvalue weighted by molar-refractivity contribution is -0.166. The lowest BCUT2D eigenvalue weighted by Crippen LogP contribution is -2.69. The average molecular weight is 455 g/mol. The van der Waals surface area contributed by atoms with Crippen LogP contribution in [0.1, 0.15) is 25.8 Å². The number of hydrogen-bond donors (Lipinski definition) is 1. The van der Waals surface area contributed by atoms with E-state index in [1.807, 2.05) is 56.3 Å². The number of urea groups is 1. The fourth-order valence-electron chi connectivity index (χ4n) is 4.44. The molecule has 0 aliphatic carbocycles. The van der Waals surface area contributed by atoms with Gasteiger partial charge in [-0.15, -0.1) is 0 Å². The first-order valence-electron chi connectivity index (χ1n) is 10.8. The van der Waals surface area contributed by atoms with E-state index in [0.29, 0.717) is 30.2 Å². The molecule has 8 heteroatoms. The number of hydrogen-bond acceptors (Lipinski definition) is 3. The van der Waals surface area contributed by atoms with Gasteiger partial charge in [-0.25, -0.2) is 4.79 Å². The highest BCUT2D eigenvalue weighted by molar-refractivity contribution is 6.30. The highest BCUT2D eigenvalue weighted by Gasteiger charge is 2.57. The summed E-state index contributed by atoms with van der Waals surface area (Å²) in [6.07, 6.45) is 0.399. The van der Waals surface area contributed by atoms with E-state index < -0.39 is 5.54 Å². The second kappa shape index (κ2) is 8.82. The maximum absolute atomic E-state index is 13.7. The van der Waals surface area contributed by atoms with Crippen LogP contribution in [0.25, 0.3) is 0 Å². The van der Waals surface area contributed by atoms with Crippen molar-refractivity contribution in [3.63, 3.8) is 0 Å². The van der Waals surface area contributed by atoms with E-state index in [1.165, 1.54) is 0 Å². The number of rotatable bonds is 4. The molecule has 2 aliphatic heterocycles. The van der Waals surface area contributed by atoms with E-state index in [9.17, 15) is 14.4 Å². The quantitative estimate of drug-likeness (QED) is 0.767. The average Bonchev–Trinajstić information content (AvgIpc) is 3.22. The normalized spacial score (nSPS) is 21.1. The molecule has 7 nitrogen and oxygen atoms in total. The zero-order valence-electron chi connectivity index (χ0n) is 18.3. The molecule has 2 aromatic rings. The molecule has 4 rings (SSSR count). The third-order valence-corrected chi connectivity index (χ3v) is 6.47. The number of carbonyl (C=O) groups is 3. The fourth-order valence-corrected chi connectivity index (χ4v) is 4.57. The van der Waals surface area contributed by atoms with Crippen LogP contribution in [-0.4, -0.2) is 63.8 Å². The third kappa shape index (κ3) is 4.17. The minimum Gasteiger partial charge on any atom is -0.329 e. The molecule has 168 valence electrons. The Kier molecular flexibility index (Phi) is 6.11. The van der Waals surface area contributed by atoms with Crippen LogP contribution in [0.15, 0.2) is 54.6 Å². The molecular formula is C24H27ClN4O3. The molecule has 1 unspecified atom stereocenters. The molecule has 2 saturated heterocycles. The third-order valence-electron chi connectivity index (χ3n) is 6.22. The number of para-hydroxylation sites is 1. The van der Waals surface area contributed by atoms with Crippen molar-refractivity contribution in [2.24, 2.45) is 0 Å². The summed E-state index contributed by atoms with van der Waals surface area (Å²) in [6.45, 7) is 4.70. The van der Waals surface area contributed by atoms with Gasteiger partial charge < -0.3 is 20.0 Å². The smallest absolute Gasteiger partial charge is 0.321 e. The molecule has 4 amide bonds. The monoisotopic (exact) mass is 454 g/mol. The zero-order chi connectivity index (χ0) is 22.9. The molecule has 1 atom stereocenters. The lowest BCUT2D eigenvalue weighted by Gasteiger charge is -2.48. The van der Waals surface area contributed by atoms with Crippen molar-refractivity contribution in [3.8, 4) is 0 Å². The predicted octanol–water partition coefficient (Wildman–Crippen LogP) is 3.60. The molecule has 0 aromatic heterocycles. The first kappa shape index (κ1) is 22.1. The summed E-state index contributed by atoms with van der Waals surface area (Å²) < 4.78 is 0. The van der Waals surface area contributed by atoms with Gasteiger partial charge in [0.05, 0.1) is 6.54 Å². The van der Waals surface area contributed by atoms with Crippen LogP contribution >= 0.6 is 11.6 Å². The molecule has 2 aromatic carbocycles. The van der Waals surface area contributed by atoms with Gasteiger partial charge in [-0.3, -0.25) is 9.59 Å². The Morgan fingerprint density at radius 2 is 1.78 bits per heavy atom. The Bertz CT molecular complexity index is 1010. The summed E-state index contributed by atoms with van der Waals surface area (Å²) in [6, 6.07) is 16.1. The van der Waals surface area contributed by atoms with Crippen LogP contribution in [0.3, 0.4) is 0 Å². The maximum atomic E-state index is 13.7. The van der Waals surface area contributed by atoms with E-state index >= 15 is 0 Å². The second-order valence-corrected chi connectivity index (χ2v) is 9.07. The highest BCUT2D eigenvalue weighted by atomic mass is 35.5. The molecule has 2 aliphatic rings. The summed E-state index contributed by atoms with van der Waals surface area (Å²) in [4.78, 5) is 44.7. The molecule has 1 N–H and O–H groups in total. The van der Waals surface area contributed by atoms with Crippen molar-refractivity contribution in [1.29, 1.82) is 0 Å². The maximum Gasteiger partial charge on any atom is 0.321 e. The fraction of sp³-hybridized carbons (Fsp3) is 0.375. The zero-order valence-corrected chi connectivity index (χ0v) is 19.0. The van der Waals surface area contributed by atoms with Crippen LogP contribution in [0.4, 0.5) is 10.5 Å². The van der Waals surface area contributed by atoms with Crippen molar-refractivity contribution in [3.05, 3.63) is 65.2 Å². The summed E-state index contributed by atoms with van der Waals surface area (Å²) in [5.74, 6) is -0.213. The van der Waals surface area contributed by atoms with Gasteiger partial charge >= 0.3 is 6.03 Å². The van der Waals surface area contributed by atoms with Gasteiger partial charge in [0.1, 0.15) is 12.1 Å². The largest absolute Gasteiger partial charge is 0.329 e. The first-order chi connectivity index (χ1) is 15.3. The molecule has 0 radical (unpaired) electrons. The van der Waals surface area contributed by atoms with E-state index in [4.69, 9.17) is 11.6 Å². The Balaban J connectivity index is 1.61. The number of piperazine rings is 1. The minimum absolute atomic E-state index is 0.0437. The van der Waals surface area contributed by atoms with Crippen molar-refractivity contribution in [2.75, 3.05) is 25.0 Å². The van der Waals surface area contributed by atoms with Crippen LogP contribution in [-0.2, 0) is 16.1 Å². The van der Waals surface area contributed by atoms with Crippen molar-refractivity contribution in [2.45, 2.75) is 38.4 Å². The second-order valence-electron chi connectivity index (χ2n) is 8.63. The number of benzene rings is 2. The number of nitrogens with zero attached hydrogens (tertiary/aromatic N) is 3. The molecule has 1 spiro atoms. The summed E-state index contributed by atoms with van der Waals surface area (Å²) in [5, 5.41) is 3.49. The van der Waals surface area contributed by atoms with E-state index in [-0.39, 0.29) is 37.0 Å². The molecule has 2 fully saturated rings. The van der Waals surface area contributed by atoms with Gasteiger partial charge in [-0.05, 0) is 50.1 Å². The highest BCUT2D eigenvalue weighted by Crippen LogP contribution is 2.36. The molecule has 0 bridgehead atoms. The number of nitrogens with one attached hydrogen (secondary N) is 1. The number of halogens is 1. The van der Waals surface area contributed by atoms with E-state index in [0.717, 1.165) is 5.56 Å². The van der Waals surface area contributed by atoms with Crippen LogP contribution < -0.4 is 5.32 Å². The van der Waals surface area contributed by atoms with Gasteiger partial charge in [0.25, 0.3) is 5.91 Å².